The van der Waals surface area contributed by atoms with E-state index in [0.29, 0.717) is 16.0 Å². The van der Waals surface area contributed by atoms with Crippen molar-refractivity contribution in [2.75, 3.05) is 12.5 Å². The molecule has 3 rings (SSSR count). The number of nitrogens with one attached hydrogen (secondary N) is 1. The predicted molar refractivity (Wildman–Crippen MR) is 117 cm³/mol. The largest absolute Gasteiger partial charge is 0.497 e. The van der Waals surface area contributed by atoms with Crippen LogP contribution in [-0.2, 0) is 11.8 Å². The number of hydrazone groups is 1. The van der Waals surface area contributed by atoms with Crippen molar-refractivity contribution in [3.05, 3.63) is 53.1 Å². The molecule has 7 nitrogen and oxygen atoms in total. The monoisotopic (exact) mass is 429 g/mol. The van der Waals surface area contributed by atoms with Crippen LogP contribution in [0.4, 0.5) is 5.69 Å². The van der Waals surface area contributed by atoms with Crippen LogP contribution in [0.2, 0.25) is 5.02 Å². The van der Waals surface area contributed by atoms with Crippen molar-refractivity contribution in [1.82, 2.24) is 14.8 Å². The molecule has 29 heavy (non-hydrogen) atoms. The molecule has 0 radical (unpaired) electrons. The van der Waals surface area contributed by atoms with Crippen LogP contribution < -0.4 is 10.2 Å². The van der Waals surface area contributed by atoms with E-state index in [0.717, 1.165) is 34.3 Å². The van der Waals surface area contributed by atoms with Crippen LogP contribution >= 0.6 is 23.4 Å². The molecule has 0 aliphatic carbocycles. The lowest BCUT2D eigenvalue weighted by Gasteiger charge is -2.08. The van der Waals surface area contributed by atoms with Gasteiger partial charge < -0.3 is 9.30 Å². The maximum atomic E-state index is 12.1. The van der Waals surface area contributed by atoms with E-state index in [4.69, 9.17) is 16.3 Å². The average Bonchev–Trinajstić information content (AvgIpc) is 3.08. The van der Waals surface area contributed by atoms with Gasteiger partial charge in [-0.3, -0.25) is 10.2 Å². The fourth-order valence-corrected chi connectivity index (χ4v) is 3.38. The Kier molecular flexibility index (Phi) is 6.56. The van der Waals surface area contributed by atoms with Crippen LogP contribution in [-0.4, -0.2) is 32.7 Å². The first-order valence-corrected chi connectivity index (χ1v) is 9.91. The molecule has 0 spiro atoms. The first kappa shape index (κ1) is 20.9. The summed E-state index contributed by atoms with van der Waals surface area (Å²) >= 11 is 7.28. The third kappa shape index (κ3) is 4.78. The lowest BCUT2D eigenvalue weighted by Crippen LogP contribution is -2.10. The Morgan fingerprint density at radius 2 is 1.93 bits per heavy atom. The second kappa shape index (κ2) is 9.11. The summed E-state index contributed by atoms with van der Waals surface area (Å²) in [4.78, 5) is 12.1. The Morgan fingerprint density at radius 3 is 2.59 bits per heavy atom. The maximum absolute atomic E-state index is 12.1. The molecular formula is C20H20ClN5O2S. The highest BCUT2D eigenvalue weighted by Gasteiger charge is 2.17. The number of ketones is 1. The molecule has 1 aromatic heterocycles. The van der Waals surface area contributed by atoms with Crippen LogP contribution in [0.5, 0.6) is 5.75 Å². The zero-order valence-corrected chi connectivity index (χ0v) is 18.0. The number of anilines is 1. The van der Waals surface area contributed by atoms with Crippen molar-refractivity contribution >= 4 is 39.9 Å². The summed E-state index contributed by atoms with van der Waals surface area (Å²) in [7, 11) is 3.46. The molecule has 1 N–H and O–H groups in total. The predicted octanol–water partition coefficient (Wildman–Crippen LogP) is 4.56. The van der Waals surface area contributed by atoms with Crippen LogP contribution in [0.25, 0.3) is 11.4 Å². The fourth-order valence-electron chi connectivity index (χ4n) is 2.49. The van der Waals surface area contributed by atoms with E-state index >= 15 is 0 Å². The lowest BCUT2D eigenvalue weighted by atomic mass is 10.2. The van der Waals surface area contributed by atoms with E-state index in [9.17, 15) is 4.79 Å². The molecule has 9 heteroatoms. The maximum Gasteiger partial charge on any atom is 0.197 e. The van der Waals surface area contributed by atoms with Gasteiger partial charge in [0.2, 0.25) is 0 Å². The third-order valence-corrected chi connectivity index (χ3v) is 5.74. The van der Waals surface area contributed by atoms with Crippen LogP contribution in [0.15, 0.2) is 52.7 Å². The molecule has 1 heterocycles. The summed E-state index contributed by atoms with van der Waals surface area (Å²) in [5.74, 6) is 1.26. The number of hydrogen-bond acceptors (Lipinski definition) is 7. The number of hydrogen-bond donors (Lipinski definition) is 1. The minimum absolute atomic E-state index is 0.184. The lowest BCUT2D eigenvalue weighted by molar-refractivity contribution is -0.110. The van der Waals surface area contributed by atoms with Crippen molar-refractivity contribution < 1.29 is 9.53 Å². The second-order valence-corrected chi connectivity index (χ2v) is 7.56. The van der Waals surface area contributed by atoms with Crippen molar-refractivity contribution in [3.8, 4) is 17.1 Å². The van der Waals surface area contributed by atoms with E-state index in [1.165, 1.54) is 6.92 Å². The van der Waals surface area contributed by atoms with Crippen LogP contribution in [0.3, 0.4) is 0 Å². The van der Waals surface area contributed by atoms with E-state index < -0.39 is 0 Å². The van der Waals surface area contributed by atoms with Crippen molar-refractivity contribution in [2.45, 2.75) is 19.0 Å². The van der Waals surface area contributed by atoms with Crippen LogP contribution in [0, 0.1) is 6.92 Å². The second-order valence-electron chi connectivity index (χ2n) is 6.19. The van der Waals surface area contributed by atoms with Crippen molar-refractivity contribution in [2.24, 2.45) is 12.1 Å². The molecule has 150 valence electrons. The molecule has 2 aromatic carbocycles. The number of nitrogens with zero attached hydrogens (tertiary/aromatic N) is 4. The van der Waals surface area contributed by atoms with E-state index in [1.807, 2.05) is 54.9 Å². The third-order valence-electron chi connectivity index (χ3n) is 4.22. The SMILES string of the molecule is COc1ccc(-c2nnc(SC(=NNc3cccc(Cl)c3C)C(C)=O)n2C)cc1. The van der Waals surface area contributed by atoms with Crippen LogP contribution in [0.1, 0.15) is 12.5 Å². The molecule has 0 amide bonds. The zero-order valence-electron chi connectivity index (χ0n) is 16.4. The summed E-state index contributed by atoms with van der Waals surface area (Å²) in [5, 5.41) is 14.2. The molecule has 0 aliphatic heterocycles. The highest BCUT2D eigenvalue weighted by atomic mass is 35.5. The summed E-state index contributed by atoms with van der Waals surface area (Å²) in [6.07, 6.45) is 0. The number of halogens is 1. The summed E-state index contributed by atoms with van der Waals surface area (Å²) in [5.41, 5.74) is 5.39. The fraction of sp³-hybridized carbons (Fsp3) is 0.200. The molecule has 0 aliphatic rings. The van der Waals surface area contributed by atoms with Gasteiger partial charge in [0.1, 0.15) is 5.75 Å². The highest BCUT2D eigenvalue weighted by Crippen LogP contribution is 2.26. The highest BCUT2D eigenvalue weighted by molar-refractivity contribution is 8.15. The molecule has 0 atom stereocenters. The number of carbonyl (C=O) groups is 1. The number of benzene rings is 2. The first-order valence-electron chi connectivity index (χ1n) is 8.72. The number of carbonyl (C=O) groups excluding carboxylic acids is 1. The minimum Gasteiger partial charge on any atom is -0.497 e. The number of aromatic nitrogens is 3. The Labute approximate surface area is 178 Å². The Bertz CT molecular complexity index is 1060. The average molecular weight is 430 g/mol. The van der Waals surface area contributed by atoms with E-state index in [1.54, 1.807) is 13.2 Å². The van der Waals surface area contributed by atoms with Crippen molar-refractivity contribution in [1.29, 1.82) is 0 Å². The van der Waals surface area contributed by atoms with Gasteiger partial charge in [-0.15, -0.1) is 10.2 Å². The smallest absolute Gasteiger partial charge is 0.197 e. The number of Topliss-reactive ketones (excluding diaryl/α,β-unsaturated/α-hetero) is 1. The topological polar surface area (TPSA) is 81.4 Å². The Hall–Kier alpha value is -2.84. The first-order chi connectivity index (χ1) is 13.9. The number of rotatable bonds is 6. The van der Waals surface area contributed by atoms with Gasteiger partial charge in [0.25, 0.3) is 0 Å². The molecule has 0 saturated carbocycles. The number of methoxy groups -OCH3 is 1. The summed E-state index contributed by atoms with van der Waals surface area (Å²) in [6, 6.07) is 13.0. The molecular weight excluding hydrogens is 410 g/mol. The minimum atomic E-state index is -0.184. The molecule has 0 unspecified atom stereocenters. The van der Waals surface area contributed by atoms with Gasteiger partial charge in [0.05, 0.1) is 12.8 Å². The standard InChI is InChI=1S/C20H20ClN5O2S/c1-12-16(21)6-5-7-17(12)22-24-19(13(2)27)29-20-25-23-18(26(20)3)14-8-10-15(28-4)11-9-14/h5-11,22H,1-4H3. The Morgan fingerprint density at radius 1 is 1.21 bits per heavy atom. The molecule has 0 saturated heterocycles. The summed E-state index contributed by atoms with van der Waals surface area (Å²) in [6.45, 7) is 3.34. The van der Waals surface area contributed by atoms with E-state index in [-0.39, 0.29) is 10.8 Å². The van der Waals surface area contributed by atoms with Gasteiger partial charge in [-0.2, -0.15) is 5.10 Å². The number of thioether (sulfide) groups is 1. The van der Waals surface area contributed by atoms with Gasteiger partial charge in [0, 0.05) is 24.6 Å². The van der Waals surface area contributed by atoms with E-state index in [2.05, 4.69) is 20.7 Å². The summed E-state index contributed by atoms with van der Waals surface area (Å²) < 4.78 is 7.00. The normalized spacial score (nSPS) is 11.4. The molecule has 0 bridgehead atoms. The Balaban J connectivity index is 1.83. The van der Waals surface area contributed by atoms with Gasteiger partial charge in [-0.25, -0.2) is 0 Å². The van der Waals surface area contributed by atoms with Gasteiger partial charge in [-0.1, -0.05) is 17.7 Å². The van der Waals surface area contributed by atoms with Gasteiger partial charge >= 0.3 is 0 Å². The quantitative estimate of drug-likeness (QED) is 0.268. The number of ether oxygens (including phenoxy) is 1. The van der Waals surface area contributed by atoms with Crippen molar-refractivity contribution in [3.63, 3.8) is 0 Å². The zero-order chi connectivity index (χ0) is 21.0. The van der Waals surface area contributed by atoms with Gasteiger partial charge in [-0.05, 0) is 60.6 Å². The molecule has 3 aromatic rings. The van der Waals surface area contributed by atoms with Gasteiger partial charge in [0.15, 0.2) is 21.8 Å². The molecule has 0 fully saturated rings.